The molecule has 1 heterocycles. The van der Waals surface area contributed by atoms with Crippen LogP contribution >= 0.6 is 0 Å². The van der Waals surface area contributed by atoms with E-state index in [0.717, 1.165) is 12.1 Å². The number of alkyl halides is 3. The van der Waals surface area contributed by atoms with E-state index in [2.05, 4.69) is 4.98 Å². The maximum Gasteiger partial charge on any atom is 0.416 e. The van der Waals surface area contributed by atoms with E-state index < -0.39 is 23.6 Å². The molecule has 4 rings (SSSR count). The summed E-state index contributed by atoms with van der Waals surface area (Å²) in [5, 5.41) is 9.73. The van der Waals surface area contributed by atoms with E-state index in [9.17, 15) is 27.9 Å². The zero-order valence-corrected chi connectivity index (χ0v) is 17.1. The molecule has 33 heavy (non-hydrogen) atoms. The highest BCUT2D eigenvalue weighted by atomic mass is 19.4. The molecule has 1 aromatic heterocycles. The molecule has 3 aromatic carbocycles. The number of aromatic amines is 1. The standard InChI is InChI=1S/C26H18F3NO3/c27-26(28,29)19-12-10-16(11-13-19)20-8-4-5-9-21(20)24(31)18-14-22(30-15-18)23(25(32)33)17-6-2-1-3-7-17/h1-15,23,30H,(H,32,33). The summed E-state index contributed by atoms with van der Waals surface area (Å²) in [5.41, 5.74) is 1.65. The highest BCUT2D eigenvalue weighted by Gasteiger charge is 2.30. The number of nitrogens with one attached hydrogen (secondary N) is 1. The number of halogens is 3. The normalized spacial score (nSPS) is 12.3. The molecular formula is C26H18F3NO3. The van der Waals surface area contributed by atoms with Gasteiger partial charge in [-0.05, 0) is 34.9 Å². The second-order valence-corrected chi connectivity index (χ2v) is 7.48. The molecule has 0 saturated carbocycles. The molecule has 166 valence electrons. The van der Waals surface area contributed by atoms with Gasteiger partial charge in [-0.2, -0.15) is 13.2 Å². The largest absolute Gasteiger partial charge is 0.480 e. The number of ketones is 1. The number of H-pyrrole nitrogens is 1. The Balaban J connectivity index is 1.68. The molecule has 7 heteroatoms. The number of rotatable bonds is 6. The number of carboxylic acids is 1. The van der Waals surface area contributed by atoms with E-state index in [1.165, 1.54) is 24.4 Å². The Morgan fingerprint density at radius 3 is 2.12 bits per heavy atom. The molecular weight excluding hydrogens is 431 g/mol. The molecule has 2 N–H and O–H groups in total. The molecule has 0 amide bonds. The number of aliphatic carboxylic acids is 1. The van der Waals surface area contributed by atoms with Gasteiger partial charge in [-0.3, -0.25) is 9.59 Å². The van der Waals surface area contributed by atoms with E-state index in [4.69, 9.17) is 0 Å². The van der Waals surface area contributed by atoms with E-state index in [0.29, 0.717) is 27.9 Å². The lowest BCUT2D eigenvalue weighted by atomic mass is 9.93. The molecule has 0 bridgehead atoms. The van der Waals surface area contributed by atoms with Crippen LogP contribution in [-0.2, 0) is 11.0 Å². The number of carbonyl (C=O) groups is 2. The van der Waals surface area contributed by atoms with Crippen molar-refractivity contribution in [1.82, 2.24) is 4.98 Å². The average Bonchev–Trinajstić information content (AvgIpc) is 3.28. The van der Waals surface area contributed by atoms with Crippen LogP contribution in [0.3, 0.4) is 0 Å². The summed E-state index contributed by atoms with van der Waals surface area (Å²) in [5.74, 6) is -2.41. The fourth-order valence-corrected chi connectivity index (χ4v) is 3.74. The molecule has 4 aromatic rings. The van der Waals surface area contributed by atoms with Gasteiger partial charge in [-0.25, -0.2) is 0 Å². The zero-order chi connectivity index (χ0) is 23.6. The van der Waals surface area contributed by atoms with E-state index in [-0.39, 0.29) is 11.3 Å². The van der Waals surface area contributed by atoms with Gasteiger partial charge in [0.15, 0.2) is 5.78 Å². The molecule has 4 nitrogen and oxygen atoms in total. The monoisotopic (exact) mass is 449 g/mol. The highest BCUT2D eigenvalue weighted by Crippen LogP contribution is 2.33. The van der Waals surface area contributed by atoms with Crippen molar-refractivity contribution in [3.8, 4) is 11.1 Å². The van der Waals surface area contributed by atoms with Crippen LogP contribution < -0.4 is 0 Å². The van der Waals surface area contributed by atoms with E-state index >= 15 is 0 Å². The smallest absolute Gasteiger partial charge is 0.416 e. The summed E-state index contributed by atoms with van der Waals surface area (Å²) < 4.78 is 38.7. The lowest BCUT2D eigenvalue weighted by Gasteiger charge is -2.11. The predicted molar refractivity (Wildman–Crippen MR) is 117 cm³/mol. The van der Waals surface area contributed by atoms with Crippen LogP contribution in [0.5, 0.6) is 0 Å². The first kappa shape index (κ1) is 22.1. The van der Waals surface area contributed by atoms with Crippen molar-refractivity contribution in [2.75, 3.05) is 0 Å². The van der Waals surface area contributed by atoms with Crippen molar-refractivity contribution in [1.29, 1.82) is 0 Å². The molecule has 0 saturated heterocycles. The fraction of sp³-hybridized carbons (Fsp3) is 0.0769. The molecule has 0 aliphatic carbocycles. The van der Waals surface area contributed by atoms with Crippen LogP contribution in [0.25, 0.3) is 11.1 Å². The third kappa shape index (κ3) is 4.57. The van der Waals surface area contributed by atoms with E-state index in [1.54, 1.807) is 54.6 Å². The second-order valence-electron chi connectivity index (χ2n) is 7.48. The Morgan fingerprint density at radius 1 is 0.848 bits per heavy atom. The summed E-state index contributed by atoms with van der Waals surface area (Å²) in [7, 11) is 0. The van der Waals surface area contributed by atoms with Crippen molar-refractivity contribution in [3.05, 3.63) is 119 Å². The number of benzene rings is 3. The summed E-state index contributed by atoms with van der Waals surface area (Å²) >= 11 is 0. The molecule has 0 aliphatic heterocycles. The molecule has 0 aliphatic rings. The fourth-order valence-electron chi connectivity index (χ4n) is 3.74. The average molecular weight is 449 g/mol. The lowest BCUT2D eigenvalue weighted by Crippen LogP contribution is -2.13. The number of aromatic nitrogens is 1. The van der Waals surface area contributed by atoms with Gasteiger partial charge >= 0.3 is 12.1 Å². The summed E-state index contributed by atoms with van der Waals surface area (Å²) in [6.45, 7) is 0. The number of carbonyl (C=O) groups excluding carboxylic acids is 1. The summed E-state index contributed by atoms with van der Waals surface area (Å²) in [4.78, 5) is 28.1. The topological polar surface area (TPSA) is 70.2 Å². The quantitative estimate of drug-likeness (QED) is 0.347. The lowest BCUT2D eigenvalue weighted by molar-refractivity contribution is -0.138. The van der Waals surface area contributed by atoms with Crippen LogP contribution in [0.4, 0.5) is 13.2 Å². The Morgan fingerprint density at radius 2 is 1.48 bits per heavy atom. The van der Waals surface area contributed by atoms with Gasteiger partial charge < -0.3 is 10.1 Å². The van der Waals surface area contributed by atoms with Crippen LogP contribution in [0.15, 0.2) is 91.1 Å². The third-order valence-electron chi connectivity index (χ3n) is 5.35. The van der Waals surface area contributed by atoms with Gasteiger partial charge in [0.2, 0.25) is 0 Å². The van der Waals surface area contributed by atoms with Crippen LogP contribution in [0.2, 0.25) is 0 Å². The van der Waals surface area contributed by atoms with Gasteiger partial charge in [0.05, 0.1) is 5.56 Å². The van der Waals surface area contributed by atoms with Gasteiger partial charge in [0.1, 0.15) is 5.92 Å². The van der Waals surface area contributed by atoms with Crippen molar-refractivity contribution in [3.63, 3.8) is 0 Å². The predicted octanol–water partition coefficient (Wildman–Crippen LogP) is 6.15. The second kappa shape index (κ2) is 8.78. The number of carboxylic acid groups (broad SMARTS) is 1. The number of hydrogen-bond donors (Lipinski definition) is 2. The van der Waals surface area contributed by atoms with Crippen molar-refractivity contribution < 1.29 is 27.9 Å². The number of hydrogen-bond acceptors (Lipinski definition) is 2. The minimum atomic E-state index is -4.45. The first-order chi connectivity index (χ1) is 15.8. The SMILES string of the molecule is O=C(c1c[nH]c(C(C(=O)O)c2ccccc2)c1)c1ccccc1-c1ccc(C(F)(F)F)cc1. The van der Waals surface area contributed by atoms with Gasteiger partial charge in [-0.1, -0.05) is 66.7 Å². The minimum absolute atomic E-state index is 0.256. The first-order valence-electron chi connectivity index (χ1n) is 10.0. The third-order valence-corrected chi connectivity index (χ3v) is 5.35. The van der Waals surface area contributed by atoms with Crippen LogP contribution in [0.1, 0.15) is 38.7 Å². The first-order valence-corrected chi connectivity index (χ1v) is 10.0. The van der Waals surface area contributed by atoms with Gasteiger partial charge in [-0.15, -0.1) is 0 Å². The molecule has 0 radical (unpaired) electrons. The molecule has 0 spiro atoms. The molecule has 1 atom stereocenters. The molecule has 1 unspecified atom stereocenters. The maximum absolute atomic E-state index is 13.3. The summed E-state index contributed by atoms with van der Waals surface area (Å²) in [6.07, 6.45) is -3.01. The van der Waals surface area contributed by atoms with Gasteiger partial charge in [0.25, 0.3) is 0 Å². The van der Waals surface area contributed by atoms with Crippen molar-refractivity contribution in [2.24, 2.45) is 0 Å². The van der Waals surface area contributed by atoms with Crippen LogP contribution in [0, 0.1) is 0 Å². The van der Waals surface area contributed by atoms with Gasteiger partial charge in [0, 0.05) is 23.0 Å². The van der Waals surface area contributed by atoms with Crippen molar-refractivity contribution in [2.45, 2.75) is 12.1 Å². The highest BCUT2D eigenvalue weighted by molar-refractivity contribution is 6.13. The van der Waals surface area contributed by atoms with Crippen molar-refractivity contribution >= 4 is 11.8 Å². The maximum atomic E-state index is 13.3. The Kier molecular flexibility index (Phi) is 5.87. The Hall–Kier alpha value is -4.13. The van der Waals surface area contributed by atoms with E-state index in [1.807, 2.05) is 0 Å². The Bertz CT molecular complexity index is 1290. The Labute approximate surface area is 187 Å². The molecule has 0 fully saturated rings. The summed E-state index contributed by atoms with van der Waals surface area (Å²) in [6, 6.07) is 21.4. The van der Waals surface area contributed by atoms with Crippen LogP contribution in [-0.4, -0.2) is 21.8 Å². The minimum Gasteiger partial charge on any atom is -0.480 e. The zero-order valence-electron chi connectivity index (χ0n) is 17.1.